The second kappa shape index (κ2) is 4.36. The Morgan fingerprint density at radius 3 is 2.92 bits per heavy atom. The van der Waals surface area contributed by atoms with Gasteiger partial charge in [-0.1, -0.05) is 6.07 Å². The van der Waals surface area contributed by atoms with Crippen molar-refractivity contribution in [2.75, 3.05) is 6.61 Å². The van der Waals surface area contributed by atoms with E-state index in [0.717, 1.165) is 5.56 Å². The maximum atomic E-state index is 9.33. The van der Waals surface area contributed by atoms with Crippen LogP contribution in [0.2, 0.25) is 0 Å². The standard InChI is InChI=1S/C10H11NO2/c1-2-13-10-7-8(5-6-11)3-4-9(10)12/h3-4,7,12H,2,5H2,1H3. The number of benzene rings is 1. The van der Waals surface area contributed by atoms with Crippen molar-refractivity contribution in [2.45, 2.75) is 13.3 Å². The van der Waals surface area contributed by atoms with E-state index in [2.05, 4.69) is 0 Å². The number of phenolic OH excluding ortho intramolecular Hbond substituents is 1. The van der Waals surface area contributed by atoms with E-state index in [1.54, 1.807) is 12.1 Å². The van der Waals surface area contributed by atoms with E-state index >= 15 is 0 Å². The first-order valence-corrected chi connectivity index (χ1v) is 4.09. The van der Waals surface area contributed by atoms with Crippen molar-refractivity contribution in [1.82, 2.24) is 0 Å². The summed E-state index contributed by atoms with van der Waals surface area (Å²) in [6.45, 7) is 2.35. The van der Waals surface area contributed by atoms with Crippen LogP contribution in [0.15, 0.2) is 18.2 Å². The molecule has 0 radical (unpaired) electrons. The van der Waals surface area contributed by atoms with Crippen LogP contribution in [0.3, 0.4) is 0 Å². The predicted molar refractivity (Wildman–Crippen MR) is 48.6 cm³/mol. The van der Waals surface area contributed by atoms with Crippen molar-refractivity contribution in [3.63, 3.8) is 0 Å². The third-order valence-electron chi connectivity index (χ3n) is 1.61. The van der Waals surface area contributed by atoms with Crippen LogP contribution in [0, 0.1) is 11.3 Å². The number of hydrogen-bond donors (Lipinski definition) is 1. The molecule has 1 rings (SSSR count). The second-order valence-corrected chi connectivity index (χ2v) is 2.57. The third kappa shape index (κ3) is 2.38. The third-order valence-corrected chi connectivity index (χ3v) is 1.61. The molecule has 0 heterocycles. The van der Waals surface area contributed by atoms with Crippen LogP contribution < -0.4 is 4.74 Å². The van der Waals surface area contributed by atoms with Crippen LogP contribution in [0.4, 0.5) is 0 Å². The molecule has 0 aliphatic rings. The molecule has 0 fully saturated rings. The smallest absolute Gasteiger partial charge is 0.161 e. The summed E-state index contributed by atoms with van der Waals surface area (Å²) >= 11 is 0. The number of nitriles is 1. The minimum Gasteiger partial charge on any atom is -0.504 e. The molecule has 0 aromatic heterocycles. The lowest BCUT2D eigenvalue weighted by Crippen LogP contribution is -1.93. The Labute approximate surface area is 77.2 Å². The molecule has 3 heteroatoms. The van der Waals surface area contributed by atoms with Gasteiger partial charge in [0, 0.05) is 0 Å². The van der Waals surface area contributed by atoms with Crippen molar-refractivity contribution < 1.29 is 9.84 Å². The molecule has 1 aromatic rings. The van der Waals surface area contributed by atoms with Gasteiger partial charge in [-0.2, -0.15) is 5.26 Å². The molecular weight excluding hydrogens is 166 g/mol. The highest BCUT2D eigenvalue weighted by molar-refractivity contribution is 5.42. The average Bonchev–Trinajstić information content (AvgIpc) is 2.12. The summed E-state index contributed by atoms with van der Waals surface area (Å²) in [6.07, 6.45) is 0.334. The first-order chi connectivity index (χ1) is 6.27. The van der Waals surface area contributed by atoms with Crippen LogP contribution in [-0.4, -0.2) is 11.7 Å². The Morgan fingerprint density at radius 2 is 2.31 bits per heavy atom. The highest BCUT2D eigenvalue weighted by atomic mass is 16.5. The Kier molecular flexibility index (Phi) is 3.15. The second-order valence-electron chi connectivity index (χ2n) is 2.57. The fourth-order valence-electron chi connectivity index (χ4n) is 1.03. The largest absolute Gasteiger partial charge is 0.504 e. The zero-order valence-corrected chi connectivity index (χ0v) is 7.45. The molecule has 3 nitrogen and oxygen atoms in total. The maximum Gasteiger partial charge on any atom is 0.161 e. The van der Waals surface area contributed by atoms with Crippen LogP contribution >= 0.6 is 0 Å². The molecule has 0 saturated carbocycles. The van der Waals surface area contributed by atoms with Crippen molar-refractivity contribution in [2.24, 2.45) is 0 Å². The number of nitrogens with zero attached hydrogens (tertiary/aromatic N) is 1. The van der Waals surface area contributed by atoms with Crippen LogP contribution in [0.5, 0.6) is 11.5 Å². The maximum absolute atomic E-state index is 9.33. The summed E-state index contributed by atoms with van der Waals surface area (Å²) in [5, 5.41) is 17.8. The van der Waals surface area contributed by atoms with Gasteiger partial charge < -0.3 is 9.84 Å². The van der Waals surface area contributed by atoms with E-state index in [-0.39, 0.29) is 5.75 Å². The fourth-order valence-corrected chi connectivity index (χ4v) is 1.03. The average molecular weight is 177 g/mol. The molecule has 0 unspecified atom stereocenters. The van der Waals surface area contributed by atoms with Gasteiger partial charge in [-0.15, -0.1) is 0 Å². The normalized spacial score (nSPS) is 9.23. The van der Waals surface area contributed by atoms with Gasteiger partial charge in [-0.25, -0.2) is 0 Å². The van der Waals surface area contributed by atoms with E-state index < -0.39 is 0 Å². The Morgan fingerprint density at radius 1 is 1.54 bits per heavy atom. The molecule has 0 atom stereocenters. The molecule has 0 aliphatic heterocycles. The van der Waals surface area contributed by atoms with Crippen molar-refractivity contribution in [3.8, 4) is 17.6 Å². The first kappa shape index (κ1) is 9.40. The summed E-state index contributed by atoms with van der Waals surface area (Å²) in [7, 11) is 0. The summed E-state index contributed by atoms with van der Waals surface area (Å²) < 4.78 is 5.16. The summed E-state index contributed by atoms with van der Waals surface area (Å²) in [5.41, 5.74) is 0.851. The van der Waals surface area contributed by atoms with Crippen molar-refractivity contribution in [3.05, 3.63) is 23.8 Å². The Balaban J connectivity index is 2.91. The van der Waals surface area contributed by atoms with Gasteiger partial charge in [0.05, 0.1) is 19.1 Å². The monoisotopic (exact) mass is 177 g/mol. The topological polar surface area (TPSA) is 53.2 Å². The minimum atomic E-state index is 0.114. The molecule has 1 aromatic carbocycles. The summed E-state index contributed by atoms with van der Waals surface area (Å²) in [4.78, 5) is 0. The molecule has 0 saturated heterocycles. The zero-order valence-electron chi connectivity index (χ0n) is 7.45. The van der Waals surface area contributed by atoms with E-state index in [1.807, 2.05) is 13.0 Å². The van der Waals surface area contributed by atoms with Gasteiger partial charge in [0.25, 0.3) is 0 Å². The molecule has 0 bridgehead atoms. The highest BCUT2D eigenvalue weighted by Gasteiger charge is 2.02. The number of phenols is 1. The van der Waals surface area contributed by atoms with E-state index in [4.69, 9.17) is 10.00 Å². The summed E-state index contributed by atoms with van der Waals surface area (Å²) in [5.74, 6) is 0.554. The quantitative estimate of drug-likeness (QED) is 0.766. The minimum absolute atomic E-state index is 0.114. The Bertz CT molecular complexity index is 328. The Hall–Kier alpha value is -1.69. The van der Waals surface area contributed by atoms with E-state index in [1.165, 1.54) is 6.07 Å². The molecule has 0 amide bonds. The lowest BCUT2D eigenvalue weighted by Gasteiger charge is -2.06. The van der Waals surface area contributed by atoms with Crippen LogP contribution in [0.25, 0.3) is 0 Å². The van der Waals surface area contributed by atoms with E-state index in [9.17, 15) is 5.11 Å². The lowest BCUT2D eigenvalue weighted by atomic mass is 10.1. The zero-order chi connectivity index (χ0) is 9.68. The number of rotatable bonds is 3. The van der Waals surface area contributed by atoms with Gasteiger partial charge in [-0.3, -0.25) is 0 Å². The van der Waals surface area contributed by atoms with Gasteiger partial charge in [0.2, 0.25) is 0 Å². The van der Waals surface area contributed by atoms with Crippen LogP contribution in [0.1, 0.15) is 12.5 Å². The van der Waals surface area contributed by atoms with Gasteiger partial charge >= 0.3 is 0 Å². The number of ether oxygens (including phenoxy) is 1. The van der Waals surface area contributed by atoms with Crippen LogP contribution in [-0.2, 0) is 6.42 Å². The van der Waals surface area contributed by atoms with E-state index in [0.29, 0.717) is 18.8 Å². The van der Waals surface area contributed by atoms with Gasteiger partial charge in [0.1, 0.15) is 0 Å². The van der Waals surface area contributed by atoms with Gasteiger partial charge in [0.15, 0.2) is 11.5 Å². The van der Waals surface area contributed by atoms with Gasteiger partial charge in [-0.05, 0) is 24.6 Å². The molecule has 1 N–H and O–H groups in total. The lowest BCUT2D eigenvalue weighted by molar-refractivity contribution is 0.318. The number of hydrogen-bond acceptors (Lipinski definition) is 3. The molecule has 68 valence electrons. The molecule has 0 aliphatic carbocycles. The fraction of sp³-hybridized carbons (Fsp3) is 0.300. The molecular formula is C10H11NO2. The molecule has 13 heavy (non-hydrogen) atoms. The van der Waals surface area contributed by atoms with Crippen molar-refractivity contribution in [1.29, 1.82) is 5.26 Å². The highest BCUT2D eigenvalue weighted by Crippen LogP contribution is 2.26. The predicted octanol–water partition coefficient (Wildman–Crippen LogP) is 1.86. The first-order valence-electron chi connectivity index (χ1n) is 4.09. The molecule has 0 spiro atoms. The number of aromatic hydroxyl groups is 1. The summed E-state index contributed by atoms with van der Waals surface area (Å²) in [6, 6.07) is 6.97. The van der Waals surface area contributed by atoms with Crippen molar-refractivity contribution >= 4 is 0 Å². The SMILES string of the molecule is CCOc1cc(CC#N)ccc1O.